The fraction of sp³-hybridized carbons (Fsp3) is 0.500. The van der Waals surface area contributed by atoms with Crippen LogP contribution in [0.2, 0.25) is 0 Å². The first-order chi connectivity index (χ1) is 9.52. The topological polar surface area (TPSA) is 15.3 Å². The van der Waals surface area contributed by atoms with Gasteiger partial charge in [-0.2, -0.15) is 0 Å². The Morgan fingerprint density at radius 2 is 2.10 bits per heavy atom. The molecule has 0 aliphatic carbocycles. The van der Waals surface area contributed by atoms with Crippen molar-refractivity contribution in [2.75, 3.05) is 20.6 Å². The fourth-order valence-corrected chi connectivity index (χ4v) is 3.89. The van der Waals surface area contributed by atoms with Gasteiger partial charge in [-0.25, -0.2) is 4.39 Å². The predicted octanol–water partition coefficient (Wildman–Crippen LogP) is 3.85. The van der Waals surface area contributed by atoms with Crippen LogP contribution in [0.1, 0.15) is 24.3 Å². The molecule has 0 unspecified atom stereocenters. The molecule has 1 heterocycles. The molecule has 0 fully saturated rings. The number of halogens is 1. The van der Waals surface area contributed by atoms with Gasteiger partial charge in [0, 0.05) is 34.6 Å². The van der Waals surface area contributed by atoms with E-state index in [1.54, 1.807) is 23.5 Å². The van der Waals surface area contributed by atoms with Gasteiger partial charge in [0.05, 0.1) is 0 Å². The Kier molecular flexibility index (Phi) is 5.13. The Morgan fingerprint density at radius 3 is 2.75 bits per heavy atom. The normalized spacial score (nSPS) is 11.9. The lowest BCUT2D eigenvalue weighted by molar-refractivity contribution is 0.288. The molecule has 0 spiro atoms. The van der Waals surface area contributed by atoms with E-state index in [9.17, 15) is 4.39 Å². The van der Waals surface area contributed by atoms with Crippen LogP contribution in [0.25, 0.3) is 10.1 Å². The van der Waals surface area contributed by atoms with Crippen molar-refractivity contribution in [3.05, 3.63) is 34.5 Å². The maximum absolute atomic E-state index is 14.2. The number of rotatable bonds is 6. The number of hydrogen-bond donors (Lipinski definition) is 1. The van der Waals surface area contributed by atoms with E-state index < -0.39 is 0 Å². The molecule has 0 bridgehead atoms. The molecule has 0 saturated heterocycles. The van der Waals surface area contributed by atoms with E-state index in [1.165, 1.54) is 4.88 Å². The highest BCUT2D eigenvalue weighted by atomic mass is 32.1. The molecular weight excluding hydrogens is 271 g/mol. The molecule has 110 valence electrons. The van der Waals surface area contributed by atoms with Gasteiger partial charge in [-0.3, -0.25) is 0 Å². The van der Waals surface area contributed by atoms with E-state index in [0.29, 0.717) is 5.92 Å². The molecule has 0 saturated carbocycles. The highest BCUT2D eigenvalue weighted by Crippen LogP contribution is 2.34. The Hall–Kier alpha value is -0.970. The van der Waals surface area contributed by atoms with Gasteiger partial charge in [0.2, 0.25) is 0 Å². The molecule has 0 aliphatic heterocycles. The Labute approximate surface area is 124 Å². The summed E-state index contributed by atoms with van der Waals surface area (Å²) in [7, 11) is 4.04. The summed E-state index contributed by atoms with van der Waals surface area (Å²) in [6.45, 7) is 7.03. The van der Waals surface area contributed by atoms with Crippen LogP contribution in [0.15, 0.2) is 18.2 Å². The Balaban J connectivity index is 2.40. The van der Waals surface area contributed by atoms with Crippen LogP contribution in [-0.2, 0) is 13.1 Å². The molecule has 4 heteroatoms. The lowest BCUT2D eigenvalue weighted by Crippen LogP contribution is -2.23. The SMILES string of the molecule is CNCc1sc2cccc(F)c2c1CN(C)CC(C)C. The number of nitrogens with one attached hydrogen (secondary N) is 1. The average molecular weight is 294 g/mol. The van der Waals surface area contributed by atoms with E-state index in [0.717, 1.165) is 35.3 Å². The van der Waals surface area contributed by atoms with Gasteiger partial charge < -0.3 is 10.2 Å². The summed E-state index contributed by atoms with van der Waals surface area (Å²) >= 11 is 1.69. The number of benzene rings is 1. The first-order valence-corrected chi connectivity index (χ1v) is 7.86. The van der Waals surface area contributed by atoms with Gasteiger partial charge >= 0.3 is 0 Å². The van der Waals surface area contributed by atoms with Gasteiger partial charge in [-0.05, 0) is 37.7 Å². The zero-order chi connectivity index (χ0) is 14.7. The molecule has 20 heavy (non-hydrogen) atoms. The minimum atomic E-state index is -0.103. The lowest BCUT2D eigenvalue weighted by Gasteiger charge is -2.19. The van der Waals surface area contributed by atoms with Crippen molar-refractivity contribution in [2.45, 2.75) is 26.9 Å². The number of hydrogen-bond acceptors (Lipinski definition) is 3. The van der Waals surface area contributed by atoms with Gasteiger partial charge in [-0.15, -0.1) is 11.3 Å². The van der Waals surface area contributed by atoms with Crippen molar-refractivity contribution in [3.8, 4) is 0 Å². The molecule has 0 aliphatic rings. The number of fused-ring (bicyclic) bond motifs is 1. The van der Waals surface area contributed by atoms with Gasteiger partial charge in [-0.1, -0.05) is 19.9 Å². The first-order valence-electron chi connectivity index (χ1n) is 7.04. The molecule has 0 amide bonds. The lowest BCUT2D eigenvalue weighted by atomic mass is 10.1. The summed E-state index contributed by atoms with van der Waals surface area (Å²) in [6, 6.07) is 5.36. The smallest absolute Gasteiger partial charge is 0.132 e. The van der Waals surface area contributed by atoms with Crippen LogP contribution >= 0.6 is 11.3 Å². The third-order valence-electron chi connectivity index (χ3n) is 3.29. The van der Waals surface area contributed by atoms with Crippen molar-refractivity contribution in [3.63, 3.8) is 0 Å². The first kappa shape index (κ1) is 15.4. The number of thiophene rings is 1. The monoisotopic (exact) mass is 294 g/mol. The fourth-order valence-electron chi connectivity index (χ4n) is 2.64. The molecular formula is C16H23FN2S. The second kappa shape index (κ2) is 6.66. The van der Waals surface area contributed by atoms with E-state index in [-0.39, 0.29) is 5.82 Å². The van der Waals surface area contributed by atoms with Crippen LogP contribution in [0.5, 0.6) is 0 Å². The predicted molar refractivity (Wildman–Crippen MR) is 85.7 cm³/mol. The van der Waals surface area contributed by atoms with E-state index in [1.807, 2.05) is 13.1 Å². The minimum absolute atomic E-state index is 0.103. The molecule has 1 aromatic carbocycles. The Morgan fingerprint density at radius 1 is 1.35 bits per heavy atom. The molecule has 2 nitrogen and oxygen atoms in total. The van der Waals surface area contributed by atoms with E-state index in [4.69, 9.17) is 0 Å². The van der Waals surface area contributed by atoms with E-state index >= 15 is 0 Å². The second-order valence-electron chi connectivity index (χ2n) is 5.74. The zero-order valence-electron chi connectivity index (χ0n) is 12.7. The molecule has 1 aromatic heterocycles. The molecule has 0 atom stereocenters. The van der Waals surface area contributed by atoms with Crippen molar-refractivity contribution in [2.24, 2.45) is 5.92 Å². The van der Waals surface area contributed by atoms with Crippen LogP contribution < -0.4 is 5.32 Å². The van der Waals surface area contributed by atoms with E-state index in [2.05, 4.69) is 31.1 Å². The van der Waals surface area contributed by atoms with Gasteiger partial charge in [0.1, 0.15) is 5.82 Å². The molecule has 1 N–H and O–H groups in total. The number of nitrogens with zero attached hydrogens (tertiary/aromatic N) is 1. The molecule has 2 aromatic rings. The maximum Gasteiger partial charge on any atom is 0.132 e. The summed E-state index contributed by atoms with van der Waals surface area (Å²) in [4.78, 5) is 3.51. The molecule has 2 rings (SSSR count). The van der Waals surface area contributed by atoms with Gasteiger partial charge in [0.25, 0.3) is 0 Å². The third-order valence-corrected chi connectivity index (χ3v) is 4.49. The van der Waals surface area contributed by atoms with Crippen molar-refractivity contribution in [1.82, 2.24) is 10.2 Å². The third kappa shape index (κ3) is 3.37. The average Bonchev–Trinajstić information content (AvgIpc) is 2.68. The summed E-state index contributed by atoms with van der Waals surface area (Å²) in [6.07, 6.45) is 0. The quantitative estimate of drug-likeness (QED) is 0.870. The maximum atomic E-state index is 14.2. The van der Waals surface area contributed by atoms with Crippen LogP contribution in [0, 0.1) is 11.7 Å². The Bertz CT molecular complexity index is 577. The highest BCUT2D eigenvalue weighted by Gasteiger charge is 2.16. The standard InChI is InChI=1S/C16H23FN2S/c1-11(2)9-19(4)10-12-15(8-18-3)20-14-7-5-6-13(17)16(12)14/h5-7,11,18H,8-10H2,1-4H3. The second-order valence-corrected chi connectivity index (χ2v) is 6.87. The van der Waals surface area contributed by atoms with Crippen LogP contribution in [0.3, 0.4) is 0 Å². The highest BCUT2D eigenvalue weighted by molar-refractivity contribution is 7.19. The van der Waals surface area contributed by atoms with Crippen LogP contribution in [0.4, 0.5) is 4.39 Å². The molecule has 0 radical (unpaired) electrons. The summed E-state index contributed by atoms with van der Waals surface area (Å²) in [5.41, 5.74) is 1.14. The van der Waals surface area contributed by atoms with Gasteiger partial charge in [0.15, 0.2) is 0 Å². The van der Waals surface area contributed by atoms with Crippen LogP contribution in [-0.4, -0.2) is 25.5 Å². The van der Waals surface area contributed by atoms with Crippen molar-refractivity contribution in [1.29, 1.82) is 0 Å². The zero-order valence-corrected chi connectivity index (χ0v) is 13.5. The largest absolute Gasteiger partial charge is 0.315 e. The summed E-state index contributed by atoms with van der Waals surface area (Å²) < 4.78 is 15.2. The van der Waals surface area contributed by atoms with Crippen molar-refractivity contribution < 1.29 is 4.39 Å². The summed E-state index contributed by atoms with van der Waals surface area (Å²) in [5.74, 6) is 0.511. The van der Waals surface area contributed by atoms with Crippen molar-refractivity contribution >= 4 is 21.4 Å². The summed E-state index contributed by atoms with van der Waals surface area (Å²) in [5, 5.41) is 3.99. The minimum Gasteiger partial charge on any atom is -0.315 e.